The zero-order chi connectivity index (χ0) is 25.0. The van der Waals surface area contributed by atoms with Crippen molar-refractivity contribution in [3.05, 3.63) is 0 Å². The van der Waals surface area contributed by atoms with Crippen molar-refractivity contribution >= 4 is 28.4 Å². The van der Waals surface area contributed by atoms with Crippen molar-refractivity contribution in [2.24, 2.45) is 0 Å². The van der Waals surface area contributed by atoms with Crippen LogP contribution in [0.4, 0.5) is 0 Å². The molecule has 0 spiro atoms. The maximum atomic E-state index is 7.00. The van der Waals surface area contributed by atoms with Gasteiger partial charge in [0.2, 0.25) is 16.6 Å². The molecule has 0 bridgehead atoms. The van der Waals surface area contributed by atoms with E-state index < -0.39 is 16.6 Å². The summed E-state index contributed by atoms with van der Waals surface area (Å²) in [4.78, 5) is 1.32. The van der Waals surface area contributed by atoms with Crippen LogP contribution in [-0.2, 0) is 8.85 Å². The minimum atomic E-state index is -1.79. The molecule has 0 aliphatic heterocycles. The van der Waals surface area contributed by atoms with Crippen molar-refractivity contribution in [1.29, 1.82) is 0 Å². The highest BCUT2D eigenvalue weighted by Crippen LogP contribution is 2.41. The van der Waals surface area contributed by atoms with Crippen molar-refractivity contribution in [2.45, 2.75) is 166 Å². The number of thioether (sulfide) groups is 1. The fraction of sp³-hybridized carbons (Fsp3) is 1.00. The van der Waals surface area contributed by atoms with Crippen LogP contribution in [0.2, 0.25) is 24.2 Å². The van der Waals surface area contributed by atoms with Crippen LogP contribution in [0.5, 0.6) is 0 Å². The molecular weight excluding hydrogens is 457 g/mol. The van der Waals surface area contributed by atoms with Gasteiger partial charge < -0.3 is 8.85 Å². The molecule has 0 radical (unpaired) electrons. The first kappa shape index (κ1) is 33.7. The Morgan fingerprint density at radius 2 is 0.758 bits per heavy atom. The smallest absolute Gasteiger partial charge is 0.205 e. The second-order valence-electron chi connectivity index (χ2n) is 10.4. The summed E-state index contributed by atoms with van der Waals surface area (Å²) >= 11 is 2.30. The lowest BCUT2D eigenvalue weighted by Crippen LogP contribution is -2.53. The molecule has 200 valence electrons. The normalized spacial score (nSPS) is 14.5. The van der Waals surface area contributed by atoms with E-state index in [0.29, 0.717) is 9.75 Å². The van der Waals surface area contributed by atoms with Crippen molar-refractivity contribution in [3.8, 4) is 0 Å². The molecule has 2 atom stereocenters. The Morgan fingerprint density at radius 1 is 0.485 bits per heavy atom. The largest absolute Gasteiger partial charge is 0.416 e. The van der Waals surface area contributed by atoms with Crippen LogP contribution >= 0.6 is 11.8 Å². The molecule has 0 saturated heterocycles. The van der Waals surface area contributed by atoms with E-state index in [-0.39, 0.29) is 0 Å². The molecule has 0 fully saturated rings. The number of unbranched alkanes of at least 4 members (excludes halogenated alkanes) is 6. The first-order valence-corrected chi connectivity index (χ1v) is 20.6. The Labute approximate surface area is 216 Å². The van der Waals surface area contributed by atoms with Crippen LogP contribution in [0.1, 0.15) is 132 Å². The third kappa shape index (κ3) is 13.0. The molecule has 5 heteroatoms. The number of hydrogen-bond donors (Lipinski definition) is 0. The lowest BCUT2D eigenvalue weighted by atomic mass is 10.4. The van der Waals surface area contributed by atoms with Gasteiger partial charge in [0.15, 0.2) is 0 Å². The van der Waals surface area contributed by atoms with Crippen molar-refractivity contribution in [3.63, 3.8) is 0 Å². The number of hydrogen-bond acceptors (Lipinski definition) is 3. The number of rotatable bonds is 24. The molecule has 0 rings (SSSR count). The van der Waals surface area contributed by atoms with Gasteiger partial charge in [0.1, 0.15) is 0 Å². The van der Waals surface area contributed by atoms with Gasteiger partial charge in [0.05, 0.1) is 0 Å². The Kier molecular flexibility index (Phi) is 21.3. The molecule has 0 aliphatic rings. The summed E-state index contributed by atoms with van der Waals surface area (Å²) in [7, 11) is -3.58. The molecule has 2 unspecified atom stereocenters. The monoisotopic (exact) mass is 518 g/mol. The van der Waals surface area contributed by atoms with Crippen molar-refractivity contribution in [2.75, 3.05) is 13.2 Å². The van der Waals surface area contributed by atoms with Crippen LogP contribution in [0.3, 0.4) is 0 Å². The Balaban J connectivity index is 5.80. The molecule has 0 heterocycles. The van der Waals surface area contributed by atoms with Crippen LogP contribution < -0.4 is 0 Å². The van der Waals surface area contributed by atoms with Gasteiger partial charge in [-0.3, -0.25) is 0 Å². The summed E-state index contributed by atoms with van der Waals surface area (Å²) in [5.74, 6) is 0. The SMILES string of the molecule is CCCCO[Si](CCCC)(CCCC)C(C)SC(C)[Si](CCCC)(CCCC)OCCCC. The van der Waals surface area contributed by atoms with Gasteiger partial charge in [-0.25, -0.2) is 0 Å². The maximum Gasteiger partial charge on any atom is 0.205 e. The average molecular weight is 519 g/mol. The van der Waals surface area contributed by atoms with Crippen molar-refractivity contribution in [1.82, 2.24) is 0 Å². The molecule has 33 heavy (non-hydrogen) atoms. The van der Waals surface area contributed by atoms with Gasteiger partial charge in [-0.1, -0.05) is 120 Å². The van der Waals surface area contributed by atoms with Crippen molar-refractivity contribution < 1.29 is 8.85 Å². The van der Waals surface area contributed by atoms with Crippen LogP contribution in [0.25, 0.3) is 0 Å². The minimum Gasteiger partial charge on any atom is -0.416 e. The average Bonchev–Trinajstić information content (AvgIpc) is 2.82. The summed E-state index contributed by atoms with van der Waals surface area (Å²) in [5, 5.41) is 0. The third-order valence-corrected chi connectivity index (χ3v) is 21.0. The zero-order valence-corrected chi connectivity index (χ0v) is 26.9. The van der Waals surface area contributed by atoms with E-state index in [2.05, 4.69) is 67.2 Å². The van der Waals surface area contributed by atoms with Gasteiger partial charge in [-0.15, -0.1) is 0 Å². The summed E-state index contributed by atoms with van der Waals surface area (Å²) in [6.07, 6.45) is 15.4. The summed E-state index contributed by atoms with van der Waals surface area (Å²) in [6.45, 7) is 21.0. The Morgan fingerprint density at radius 3 is 1.00 bits per heavy atom. The molecule has 0 aromatic heterocycles. The van der Waals surface area contributed by atoms with Gasteiger partial charge in [-0.05, 0) is 37.0 Å². The molecule has 0 N–H and O–H groups in total. The molecule has 0 aromatic rings. The van der Waals surface area contributed by atoms with Crippen LogP contribution in [0.15, 0.2) is 0 Å². The lowest BCUT2D eigenvalue weighted by Gasteiger charge is -2.42. The van der Waals surface area contributed by atoms with E-state index in [1.54, 1.807) is 0 Å². The van der Waals surface area contributed by atoms with Gasteiger partial charge in [0, 0.05) is 23.0 Å². The summed E-state index contributed by atoms with van der Waals surface area (Å²) < 4.78 is 14.0. The molecule has 0 aliphatic carbocycles. The highest BCUT2D eigenvalue weighted by atomic mass is 32.2. The molecule has 0 amide bonds. The second-order valence-corrected chi connectivity index (χ2v) is 21.5. The fourth-order valence-corrected chi connectivity index (χ4v) is 19.0. The third-order valence-electron chi connectivity index (χ3n) is 7.48. The predicted octanol–water partition coefficient (Wildman–Crippen LogP) is 10.3. The minimum absolute atomic E-state index is 0.660. The fourth-order valence-electron chi connectivity index (χ4n) is 4.88. The Hall–Kier alpha value is 0.704. The first-order chi connectivity index (χ1) is 15.9. The van der Waals surface area contributed by atoms with Gasteiger partial charge in [-0.2, -0.15) is 11.8 Å². The van der Waals surface area contributed by atoms with Crippen LogP contribution in [0, 0.1) is 0 Å². The van der Waals surface area contributed by atoms with E-state index in [0.717, 1.165) is 13.2 Å². The van der Waals surface area contributed by atoms with Gasteiger partial charge >= 0.3 is 0 Å². The van der Waals surface area contributed by atoms with Gasteiger partial charge in [0.25, 0.3) is 0 Å². The molecule has 0 aromatic carbocycles. The standard InChI is InChI=1S/C28H62O2SSi2/c1-9-15-21-29-32(23-17-11-3,24-18-12-4)27(7)31-28(8)33(25-19-13-5,26-20-14-6)30-22-16-10-2/h27-28H,9-26H2,1-8H3. The molecule has 2 nitrogen and oxygen atoms in total. The maximum absolute atomic E-state index is 7.00. The summed E-state index contributed by atoms with van der Waals surface area (Å²) in [6, 6.07) is 5.40. The highest BCUT2D eigenvalue weighted by Gasteiger charge is 2.46. The predicted molar refractivity (Wildman–Crippen MR) is 159 cm³/mol. The van der Waals surface area contributed by atoms with E-state index >= 15 is 0 Å². The van der Waals surface area contributed by atoms with Crippen LogP contribution in [-0.4, -0.2) is 39.6 Å². The summed E-state index contributed by atoms with van der Waals surface area (Å²) in [5.41, 5.74) is 0. The molecule has 0 saturated carbocycles. The van der Waals surface area contributed by atoms with E-state index in [1.807, 2.05) is 0 Å². The highest BCUT2D eigenvalue weighted by molar-refractivity contribution is 8.03. The molecular formula is C28H62O2SSi2. The quantitative estimate of drug-likeness (QED) is 0.0934. The van der Waals surface area contributed by atoms with E-state index in [4.69, 9.17) is 8.85 Å². The lowest BCUT2D eigenvalue weighted by molar-refractivity contribution is 0.285. The Bertz CT molecular complexity index is 382. The van der Waals surface area contributed by atoms with E-state index in [1.165, 1.54) is 101 Å². The zero-order valence-electron chi connectivity index (χ0n) is 24.1. The first-order valence-electron chi connectivity index (χ1n) is 14.8. The van der Waals surface area contributed by atoms with E-state index in [9.17, 15) is 0 Å². The second kappa shape index (κ2) is 20.9. The topological polar surface area (TPSA) is 18.5 Å².